The molecule has 1 saturated heterocycles. The first-order chi connectivity index (χ1) is 12.5. The molecule has 0 saturated carbocycles. The van der Waals surface area contributed by atoms with Crippen LogP contribution in [0.2, 0.25) is 0 Å². The number of aliphatic hydroxyl groups is 3. The summed E-state index contributed by atoms with van der Waals surface area (Å²) in [4.78, 5) is 24.1. The maximum absolute atomic E-state index is 12.1. The number of alkyl carbamates (subject to hydrolysis) is 1. The number of carbonyl (C=O) groups is 2. The average Bonchev–Trinajstić information content (AvgIpc) is 2.56. The van der Waals surface area contributed by atoms with Crippen molar-refractivity contribution in [1.82, 2.24) is 5.32 Å². The van der Waals surface area contributed by atoms with Gasteiger partial charge in [0.05, 0.1) is 12.7 Å². The van der Waals surface area contributed by atoms with Crippen LogP contribution in [0.4, 0.5) is 4.79 Å². The van der Waals surface area contributed by atoms with Crippen molar-refractivity contribution in [2.24, 2.45) is 0 Å². The van der Waals surface area contributed by atoms with E-state index in [1.807, 2.05) is 0 Å². The predicted octanol–water partition coefficient (Wildman–Crippen LogP) is -0.547. The topological polar surface area (TPSA) is 144 Å². The minimum absolute atomic E-state index is 0.0736. The van der Waals surface area contributed by atoms with E-state index < -0.39 is 61.0 Å². The smallest absolute Gasteiger partial charge is 0.408 e. The van der Waals surface area contributed by atoms with Gasteiger partial charge < -0.3 is 39.6 Å². The lowest BCUT2D eigenvalue weighted by molar-refractivity contribution is -0.294. The summed E-state index contributed by atoms with van der Waals surface area (Å²) in [6, 6.07) is -1.25. The first kappa shape index (κ1) is 23.3. The fraction of sp³-hybridized carbons (Fsp3) is 0.765. The van der Waals surface area contributed by atoms with Crippen molar-refractivity contribution in [3.63, 3.8) is 0 Å². The minimum atomic E-state index is -1.54. The molecule has 27 heavy (non-hydrogen) atoms. The summed E-state index contributed by atoms with van der Waals surface area (Å²) in [6.45, 7) is 9.41. The van der Waals surface area contributed by atoms with Crippen LogP contribution in [0.25, 0.3) is 0 Å². The van der Waals surface area contributed by atoms with E-state index in [-0.39, 0.29) is 6.61 Å². The van der Waals surface area contributed by atoms with E-state index in [0.29, 0.717) is 0 Å². The zero-order valence-corrected chi connectivity index (χ0v) is 16.0. The average molecular weight is 391 g/mol. The first-order valence-electron chi connectivity index (χ1n) is 8.54. The van der Waals surface area contributed by atoms with Crippen LogP contribution < -0.4 is 5.32 Å². The summed E-state index contributed by atoms with van der Waals surface area (Å²) in [5.41, 5.74) is -0.779. The summed E-state index contributed by atoms with van der Waals surface area (Å²) in [5, 5.41) is 31.8. The van der Waals surface area contributed by atoms with E-state index in [9.17, 15) is 24.9 Å². The van der Waals surface area contributed by atoms with E-state index in [0.717, 1.165) is 0 Å². The molecule has 0 aromatic carbocycles. The van der Waals surface area contributed by atoms with Crippen molar-refractivity contribution < 1.29 is 43.9 Å². The fourth-order valence-electron chi connectivity index (χ4n) is 2.20. The highest BCUT2D eigenvalue weighted by Gasteiger charge is 2.43. The largest absolute Gasteiger partial charge is 0.460 e. The van der Waals surface area contributed by atoms with Crippen molar-refractivity contribution in [3.8, 4) is 0 Å². The normalized spacial score (nSPS) is 29.5. The Bertz CT molecular complexity index is 519. The molecule has 1 aliphatic rings. The van der Waals surface area contributed by atoms with Gasteiger partial charge >= 0.3 is 12.1 Å². The van der Waals surface area contributed by atoms with Crippen molar-refractivity contribution in [2.75, 3.05) is 13.2 Å². The highest BCUT2D eigenvalue weighted by Crippen LogP contribution is 2.22. The molecular weight excluding hydrogens is 362 g/mol. The molecule has 1 amide bonds. The maximum Gasteiger partial charge on any atom is 0.408 e. The molecule has 0 bridgehead atoms. The van der Waals surface area contributed by atoms with Gasteiger partial charge in [-0.15, -0.1) is 0 Å². The van der Waals surface area contributed by atoms with Gasteiger partial charge in [-0.1, -0.05) is 12.7 Å². The number of rotatable bonds is 7. The van der Waals surface area contributed by atoms with Crippen LogP contribution >= 0.6 is 0 Å². The van der Waals surface area contributed by atoms with E-state index >= 15 is 0 Å². The molecule has 0 spiro atoms. The Labute approximate surface area is 158 Å². The monoisotopic (exact) mass is 391 g/mol. The van der Waals surface area contributed by atoms with Crippen molar-refractivity contribution in [2.45, 2.75) is 70.0 Å². The summed E-state index contributed by atoms with van der Waals surface area (Å²) in [7, 11) is 0. The lowest BCUT2D eigenvalue weighted by Crippen LogP contribution is -2.58. The van der Waals surface area contributed by atoms with Crippen LogP contribution in [0.3, 0.4) is 0 Å². The van der Waals surface area contributed by atoms with Gasteiger partial charge in [-0.3, -0.25) is 0 Å². The third-order valence-electron chi connectivity index (χ3n) is 3.55. The standard InChI is InChI=1S/C17H29NO9/c1-6-7-24-14(22)10(18-16(23)27-17(3,4)5)8-25-15-13(21)12(20)11(19)9(2)26-15/h6,9-13,15,19-21H,1,7-8H2,2-5H3,(H,18,23)/t9-,10+,11+,12+,13-,15-/m1/s1. The molecule has 1 rings (SSSR count). The van der Waals surface area contributed by atoms with Crippen LogP contribution in [0, 0.1) is 0 Å². The first-order valence-corrected chi connectivity index (χ1v) is 8.54. The number of amides is 1. The van der Waals surface area contributed by atoms with Crippen LogP contribution in [0.5, 0.6) is 0 Å². The molecule has 0 aromatic heterocycles. The van der Waals surface area contributed by atoms with E-state index in [1.54, 1.807) is 20.8 Å². The third kappa shape index (κ3) is 7.43. The van der Waals surface area contributed by atoms with E-state index in [1.165, 1.54) is 13.0 Å². The minimum Gasteiger partial charge on any atom is -0.460 e. The van der Waals surface area contributed by atoms with Gasteiger partial charge in [0.1, 0.15) is 30.5 Å². The molecule has 6 atom stereocenters. The number of carbonyl (C=O) groups excluding carboxylic acids is 2. The molecule has 10 heteroatoms. The van der Waals surface area contributed by atoms with Crippen LogP contribution in [-0.2, 0) is 23.7 Å². The van der Waals surface area contributed by atoms with Gasteiger partial charge in [-0.05, 0) is 27.7 Å². The second kappa shape index (κ2) is 10.00. The number of esters is 1. The molecule has 0 radical (unpaired) electrons. The van der Waals surface area contributed by atoms with Gasteiger partial charge in [-0.2, -0.15) is 0 Å². The molecular formula is C17H29NO9. The Morgan fingerprint density at radius 2 is 1.85 bits per heavy atom. The highest BCUT2D eigenvalue weighted by atomic mass is 16.7. The predicted molar refractivity (Wildman–Crippen MR) is 92.6 cm³/mol. The summed E-state index contributed by atoms with van der Waals surface area (Å²) in [6.07, 6.45) is -5.93. The second-order valence-electron chi connectivity index (χ2n) is 7.13. The Balaban J connectivity index is 2.74. The van der Waals surface area contributed by atoms with Crippen molar-refractivity contribution >= 4 is 12.1 Å². The summed E-state index contributed by atoms with van der Waals surface area (Å²) >= 11 is 0. The quantitative estimate of drug-likeness (QED) is 0.332. The number of aliphatic hydroxyl groups excluding tert-OH is 3. The molecule has 0 aromatic rings. The summed E-state index contributed by atoms with van der Waals surface area (Å²) in [5.74, 6) is -0.806. The zero-order valence-electron chi connectivity index (χ0n) is 16.0. The molecule has 1 heterocycles. The van der Waals surface area contributed by atoms with Crippen molar-refractivity contribution in [3.05, 3.63) is 12.7 Å². The molecule has 1 fully saturated rings. The fourth-order valence-corrected chi connectivity index (χ4v) is 2.20. The molecule has 0 unspecified atom stereocenters. The van der Waals surface area contributed by atoms with Gasteiger partial charge in [0.25, 0.3) is 0 Å². The Morgan fingerprint density at radius 3 is 2.41 bits per heavy atom. The Morgan fingerprint density at radius 1 is 1.22 bits per heavy atom. The molecule has 10 nitrogen and oxygen atoms in total. The van der Waals surface area contributed by atoms with E-state index in [2.05, 4.69) is 11.9 Å². The second-order valence-corrected chi connectivity index (χ2v) is 7.13. The molecule has 156 valence electrons. The van der Waals surface area contributed by atoms with Gasteiger partial charge in [0, 0.05) is 0 Å². The maximum atomic E-state index is 12.1. The zero-order chi connectivity index (χ0) is 20.8. The van der Waals surface area contributed by atoms with Crippen LogP contribution in [-0.4, -0.2) is 82.9 Å². The highest BCUT2D eigenvalue weighted by molar-refractivity contribution is 5.81. The molecule has 0 aliphatic carbocycles. The van der Waals surface area contributed by atoms with Crippen LogP contribution in [0.1, 0.15) is 27.7 Å². The van der Waals surface area contributed by atoms with E-state index in [4.69, 9.17) is 18.9 Å². The lowest BCUT2D eigenvalue weighted by atomic mass is 10.00. The lowest BCUT2D eigenvalue weighted by Gasteiger charge is -2.39. The van der Waals surface area contributed by atoms with Crippen molar-refractivity contribution in [1.29, 1.82) is 0 Å². The van der Waals surface area contributed by atoms with Gasteiger partial charge in [-0.25, -0.2) is 9.59 Å². The molecule has 4 N–H and O–H groups in total. The van der Waals surface area contributed by atoms with Crippen LogP contribution in [0.15, 0.2) is 12.7 Å². The molecule has 1 aliphatic heterocycles. The number of hydrogen-bond acceptors (Lipinski definition) is 9. The third-order valence-corrected chi connectivity index (χ3v) is 3.55. The SMILES string of the molecule is C=CCOC(=O)[C@H](CO[C@@H]1O[C@H](C)[C@H](O)[C@H](O)[C@H]1O)NC(=O)OC(C)(C)C. The Kier molecular flexibility index (Phi) is 8.63. The Hall–Kier alpha value is -1.72. The van der Waals surface area contributed by atoms with Gasteiger partial charge in [0.15, 0.2) is 12.3 Å². The van der Waals surface area contributed by atoms with Gasteiger partial charge in [0.2, 0.25) is 0 Å². The number of hydrogen-bond donors (Lipinski definition) is 4. The number of ether oxygens (including phenoxy) is 4. The summed E-state index contributed by atoms with van der Waals surface area (Å²) < 4.78 is 20.6. The number of nitrogens with one attached hydrogen (secondary N) is 1.